The average molecular weight is 228 g/mol. The maximum Gasteiger partial charge on any atom is 0.240 e. The number of rotatable bonds is 3. The van der Waals surface area contributed by atoms with Gasteiger partial charge in [0, 0.05) is 12.4 Å². The third kappa shape index (κ3) is 2.81. The Hall–Kier alpha value is -1.90. The molecule has 3 heteroatoms. The van der Waals surface area contributed by atoms with Crippen LogP contribution in [0.3, 0.4) is 0 Å². The molecule has 2 rings (SSSR count). The van der Waals surface area contributed by atoms with E-state index < -0.39 is 0 Å². The van der Waals surface area contributed by atoms with E-state index in [9.17, 15) is 0 Å². The van der Waals surface area contributed by atoms with E-state index in [1.165, 1.54) is 5.56 Å². The van der Waals surface area contributed by atoms with Crippen LogP contribution in [0.1, 0.15) is 31.0 Å². The van der Waals surface area contributed by atoms with Gasteiger partial charge in [0.15, 0.2) is 0 Å². The number of hydrogen-bond donors (Lipinski definition) is 0. The van der Waals surface area contributed by atoms with E-state index in [0.717, 1.165) is 11.4 Å². The summed E-state index contributed by atoms with van der Waals surface area (Å²) in [7, 11) is 0. The van der Waals surface area contributed by atoms with Crippen molar-refractivity contribution in [2.75, 3.05) is 0 Å². The molecule has 0 bridgehead atoms. The highest BCUT2D eigenvalue weighted by Crippen LogP contribution is 2.23. The molecule has 0 unspecified atom stereocenters. The van der Waals surface area contributed by atoms with Gasteiger partial charge in [-0.05, 0) is 30.5 Å². The molecule has 0 saturated carbocycles. The highest BCUT2D eigenvalue weighted by Gasteiger charge is 2.04. The maximum atomic E-state index is 5.67. The number of aromatic nitrogens is 2. The van der Waals surface area contributed by atoms with Gasteiger partial charge >= 0.3 is 0 Å². The minimum Gasteiger partial charge on any atom is -0.437 e. The summed E-state index contributed by atoms with van der Waals surface area (Å²) in [6.45, 7) is 6.22. The lowest BCUT2D eigenvalue weighted by Crippen LogP contribution is -1.93. The van der Waals surface area contributed by atoms with Gasteiger partial charge in [0.25, 0.3) is 0 Å². The lowest BCUT2D eigenvalue weighted by Gasteiger charge is -2.08. The van der Waals surface area contributed by atoms with Crippen molar-refractivity contribution in [3.63, 3.8) is 0 Å². The summed E-state index contributed by atoms with van der Waals surface area (Å²) in [4.78, 5) is 8.28. The molecule has 0 N–H and O–H groups in total. The summed E-state index contributed by atoms with van der Waals surface area (Å²) < 4.78 is 5.67. The number of nitrogens with zero attached hydrogens (tertiary/aromatic N) is 2. The smallest absolute Gasteiger partial charge is 0.240 e. The molecule has 0 atom stereocenters. The van der Waals surface area contributed by atoms with E-state index in [2.05, 4.69) is 35.9 Å². The van der Waals surface area contributed by atoms with Crippen LogP contribution in [0.4, 0.5) is 0 Å². The van der Waals surface area contributed by atoms with Gasteiger partial charge < -0.3 is 4.74 Å². The standard InChI is InChI=1S/C14H16N2O/c1-10(2)12-4-6-13(7-5-12)17-14-11(3)15-8-9-16-14/h4-10H,1-3H3. The quantitative estimate of drug-likeness (QED) is 0.803. The van der Waals surface area contributed by atoms with Crippen molar-refractivity contribution in [2.45, 2.75) is 26.7 Å². The Labute approximate surface area is 102 Å². The lowest BCUT2D eigenvalue weighted by atomic mass is 10.0. The molecule has 17 heavy (non-hydrogen) atoms. The molecule has 0 aliphatic heterocycles. The largest absolute Gasteiger partial charge is 0.437 e. The van der Waals surface area contributed by atoms with Gasteiger partial charge in [-0.25, -0.2) is 4.98 Å². The van der Waals surface area contributed by atoms with Crippen LogP contribution in [0.15, 0.2) is 36.7 Å². The molecular formula is C14H16N2O. The number of hydrogen-bond acceptors (Lipinski definition) is 3. The molecule has 1 heterocycles. The maximum absolute atomic E-state index is 5.67. The normalized spacial score (nSPS) is 10.6. The molecule has 0 radical (unpaired) electrons. The van der Waals surface area contributed by atoms with Crippen LogP contribution in [0.25, 0.3) is 0 Å². The first-order chi connectivity index (χ1) is 8.16. The molecule has 0 fully saturated rings. The monoisotopic (exact) mass is 228 g/mol. The van der Waals surface area contributed by atoms with Gasteiger partial charge in [-0.15, -0.1) is 0 Å². The van der Waals surface area contributed by atoms with Crippen LogP contribution in [0, 0.1) is 6.92 Å². The number of aryl methyl sites for hydroxylation is 1. The van der Waals surface area contributed by atoms with Crippen molar-refractivity contribution >= 4 is 0 Å². The lowest BCUT2D eigenvalue weighted by molar-refractivity contribution is 0.455. The minimum absolute atomic E-state index is 0.530. The van der Waals surface area contributed by atoms with Gasteiger partial charge in [0.05, 0.1) is 5.69 Å². The SMILES string of the molecule is Cc1nccnc1Oc1ccc(C(C)C)cc1. The van der Waals surface area contributed by atoms with E-state index >= 15 is 0 Å². The highest BCUT2D eigenvalue weighted by molar-refractivity contribution is 5.32. The summed E-state index contributed by atoms with van der Waals surface area (Å²) in [5, 5.41) is 0. The second kappa shape index (κ2) is 4.95. The second-order valence-electron chi connectivity index (χ2n) is 4.27. The molecule has 0 saturated heterocycles. The molecular weight excluding hydrogens is 212 g/mol. The van der Waals surface area contributed by atoms with Crippen molar-refractivity contribution in [3.05, 3.63) is 47.9 Å². The van der Waals surface area contributed by atoms with E-state index in [1.807, 2.05) is 19.1 Å². The molecule has 2 aromatic rings. The van der Waals surface area contributed by atoms with Gasteiger partial charge in [0.2, 0.25) is 5.88 Å². The first-order valence-electron chi connectivity index (χ1n) is 5.72. The second-order valence-corrected chi connectivity index (χ2v) is 4.27. The number of ether oxygens (including phenoxy) is 1. The zero-order valence-corrected chi connectivity index (χ0v) is 10.3. The van der Waals surface area contributed by atoms with E-state index in [0.29, 0.717) is 11.8 Å². The summed E-state index contributed by atoms with van der Waals surface area (Å²) in [6, 6.07) is 8.07. The molecule has 1 aromatic heterocycles. The van der Waals surface area contributed by atoms with E-state index in [1.54, 1.807) is 12.4 Å². The Morgan fingerprint density at radius 3 is 2.24 bits per heavy atom. The van der Waals surface area contributed by atoms with Crippen LogP contribution >= 0.6 is 0 Å². The highest BCUT2D eigenvalue weighted by atomic mass is 16.5. The van der Waals surface area contributed by atoms with Gasteiger partial charge in [0.1, 0.15) is 5.75 Å². The fourth-order valence-electron chi connectivity index (χ4n) is 1.53. The minimum atomic E-state index is 0.530. The Bertz CT molecular complexity index is 492. The third-order valence-corrected chi connectivity index (χ3v) is 2.60. The Balaban J connectivity index is 2.17. The zero-order chi connectivity index (χ0) is 12.3. The van der Waals surface area contributed by atoms with Crippen LogP contribution in [0.2, 0.25) is 0 Å². The van der Waals surface area contributed by atoms with Crippen molar-refractivity contribution in [1.82, 2.24) is 9.97 Å². The van der Waals surface area contributed by atoms with Crippen molar-refractivity contribution in [2.24, 2.45) is 0 Å². The van der Waals surface area contributed by atoms with Crippen LogP contribution in [0.5, 0.6) is 11.6 Å². The summed E-state index contributed by atoms with van der Waals surface area (Å²) in [5.41, 5.74) is 2.09. The fraction of sp³-hybridized carbons (Fsp3) is 0.286. The average Bonchev–Trinajstić information content (AvgIpc) is 2.33. The van der Waals surface area contributed by atoms with E-state index in [-0.39, 0.29) is 0 Å². The fourth-order valence-corrected chi connectivity index (χ4v) is 1.53. The molecule has 0 aliphatic carbocycles. The molecule has 1 aromatic carbocycles. The predicted octanol–water partition coefficient (Wildman–Crippen LogP) is 3.70. The predicted molar refractivity (Wildman–Crippen MR) is 67.4 cm³/mol. The first-order valence-corrected chi connectivity index (χ1v) is 5.72. The van der Waals surface area contributed by atoms with E-state index in [4.69, 9.17) is 4.74 Å². The molecule has 0 aliphatic rings. The summed E-state index contributed by atoms with van der Waals surface area (Å²) >= 11 is 0. The Morgan fingerprint density at radius 1 is 1.00 bits per heavy atom. The zero-order valence-electron chi connectivity index (χ0n) is 10.3. The third-order valence-electron chi connectivity index (χ3n) is 2.60. The molecule has 3 nitrogen and oxygen atoms in total. The van der Waals surface area contributed by atoms with Gasteiger partial charge in [-0.3, -0.25) is 4.98 Å². The van der Waals surface area contributed by atoms with Gasteiger partial charge in [-0.1, -0.05) is 26.0 Å². The van der Waals surface area contributed by atoms with Crippen molar-refractivity contribution in [1.29, 1.82) is 0 Å². The van der Waals surface area contributed by atoms with Crippen molar-refractivity contribution < 1.29 is 4.74 Å². The topological polar surface area (TPSA) is 35.0 Å². The summed E-state index contributed by atoms with van der Waals surface area (Å²) in [5.74, 6) is 1.88. The van der Waals surface area contributed by atoms with Crippen LogP contribution < -0.4 is 4.74 Å². The Kier molecular flexibility index (Phi) is 3.38. The van der Waals surface area contributed by atoms with Crippen LogP contribution in [-0.2, 0) is 0 Å². The molecule has 0 spiro atoms. The van der Waals surface area contributed by atoms with Crippen molar-refractivity contribution in [3.8, 4) is 11.6 Å². The molecule has 0 amide bonds. The Morgan fingerprint density at radius 2 is 1.65 bits per heavy atom. The first kappa shape index (κ1) is 11.6. The molecule has 88 valence electrons. The van der Waals surface area contributed by atoms with Crippen LogP contribution in [-0.4, -0.2) is 9.97 Å². The van der Waals surface area contributed by atoms with Gasteiger partial charge in [-0.2, -0.15) is 0 Å². The number of benzene rings is 1. The summed E-state index contributed by atoms with van der Waals surface area (Å²) in [6.07, 6.45) is 3.29.